The fraction of sp³-hybridized carbons (Fsp3) is 0.619. The number of phenols is 1. The molecule has 28 heavy (non-hydrogen) atoms. The number of nitrogens with one attached hydrogen (secondary N) is 3. The van der Waals surface area contributed by atoms with Crippen molar-refractivity contribution < 1.29 is 9.90 Å². The zero-order chi connectivity index (χ0) is 20.2. The highest BCUT2D eigenvalue weighted by Crippen LogP contribution is 2.18. The first-order valence-corrected chi connectivity index (χ1v) is 10.5. The summed E-state index contributed by atoms with van der Waals surface area (Å²) in [5, 5.41) is 18.7. The van der Waals surface area contributed by atoms with E-state index in [1.807, 2.05) is 6.92 Å². The Bertz CT molecular complexity index is 618. The zero-order valence-corrected chi connectivity index (χ0v) is 17.2. The molecule has 1 aliphatic heterocycles. The Morgan fingerprint density at radius 2 is 1.89 bits per heavy atom. The maximum Gasteiger partial charge on any atom is 0.251 e. The number of guanidine groups is 1. The second kappa shape index (κ2) is 12.2. The maximum absolute atomic E-state index is 12.1. The number of amides is 1. The first-order valence-electron chi connectivity index (χ1n) is 10.5. The Hall–Kier alpha value is -2.28. The van der Waals surface area contributed by atoms with Crippen LogP contribution in [0.3, 0.4) is 0 Å². The minimum absolute atomic E-state index is 0.152. The van der Waals surface area contributed by atoms with Crippen molar-refractivity contribution in [2.24, 2.45) is 4.99 Å². The molecular weight excluding hydrogens is 354 g/mol. The van der Waals surface area contributed by atoms with Crippen LogP contribution in [-0.4, -0.2) is 67.2 Å². The van der Waals surface area contributed by atoms with Gasteiger partial charge in [-0.25, -0.2) is 0 Å². The highest BCUT2D eigenvalue weighted by molar-refractivity contribution is 5.94. The van der Waals surface area contributed by atoms with Crippen LogP contribution in [0.5, 0.6) is 5.75 Å². The standard InChI is InChI=1S/C21H35N5O2/c1-3-18-7-5-6-15-26(18)16-14-25-21(22-4-2)24-13-12-23-20(28)17-8-10-19(27)11-9-17/h8-11,18,27H,3-7,12-16H2,1-2H3,(H,23,28)(H2,22,24,25). The van der Waals surface area contributed by atoms with Gasteiger partial charge in [-0.05, 0) is 57.0 Å². The van der Waals surface area contributed by atoms with Gasteiger partial charge in [-0.1, -0.05) is 13.3 Å². The number of aromatic hydroxyl groups is 1. The number of piperidine rings is 1. The van der Waals surface area contributed by atoms with Crippen LogP contribution in [-0.2, 0) is 0 Å². The van der Waals surface area contributed by atoms with Crippen molar-refractivity contribution in [2.45, 2.75) is 45.6 Å². The monoisotopic (exact) mass is 389 g/mol. The molecule has 1 aromatic carbocycles. The molecular formula is C21H35N5O2. The van der Waals surface area contributed by atoms with E-state index in [1.54, 1.807) is 12.1 Å². The van der Waals surface area contributed by atoms with E-state index >= 15 is 0 Å². The van der Waals surface area contributed by atoms with Crippen molar-refractivity contribution in [3.8, 4) is 5.75 Å². The van der Waals surface area contributed by atoms with E-state index in [9.17, 15) is 9.90 Å². The van der Waals surface area contributed by atoms with Gasteiger partial charge >= 0.3 is 0 Å². The molecule has 0 bridgehead atoms. The van der Waals surface area contributed by atoms with Crippen molar-refractivity contribution in [1.82, 2.24) is 20.9 Å². The molecule has 1 heterocycles. The molecule has 1 fully saturated rings. The minimum Gasteiger partial charge on any atom is -0.508 e. The molecule has 7 nitrogen and oxygen atoms in total. The highest BCUT2D eigenvalue weighted by atomic mass is 16.3. The number of phenolic OH excluding ortho intramolecular Hbond substituents is 1. The molecule has 0 spiro atoms. The summed E-state index contributed by atoms with van der Waals surface area (Å²) in [5.41, 5.74) is 0.533. The van der Waals surface area contributed by atoms with Gasteiger partial charge in [-0.2, -0.15) is 0 Å². The van der Waals surface area contributed by atoms with Crippen molar-refractivity contribution in [2.75, 3.05) is 39.3 Å². The number of hydrogen-bond donors (Lipinski definition) is 4. The number of carbonyl (C=O) groups excluding carboxylic acids is 1. The lowest BCUT2D eigenvalue weighted by molar-refractivity contribution is 0.0954. The minimum atomic E-state index is -0.153. The molecule has 156 valence electrons. The lowest BCUT2D eigenvalue weighted by Gasteiger charge is -2.34. The van der Waals surface area contributed by atoms with E-state index < -0.39 is 0 Å². The quantitative estimate of drug-likeness (QED) is 0.294. The molecule has 7 heteroatoms. The Morgan fingerprint density at radius 1 is 1.14 bits per heavy atom. The van der Waals surface area contributed by atoms with Crippen LogP contribution in [0.2, 0.25) is 0 Å². The van der Waals surface area contributed by atoms with Crippen LogP contribution in [0, 0.1) is 0 Å². The number of likely N-dealkylation sites (tertiary alicyclic amines) is 1. The predicted octanol–water partition coefficient (Wildman–Crippen LogP) is 1.94. The second-order valence-electron chi connectivity index (χ2n) is 7.08. The van der Waals surface area contributed by atoms with Crippen molar-refractivity contribution in [3.63, 3.8) is 0 Å². The van der Waals surface area contributed by atoms with E-state index in [2.05, 4.69) is 32.8 Å². The van der Waals surface area contributed by atoms with Crippen molar-refractivity contribution in [1.29, 1.82) is 0 Å². The third kappa shape index (κ3) is 7.38. The summed E-state index contributed by atoms with van der Waals surface area (Å²) in [6.45, 7) is 9.14. The van der Waals surface area contributed by atoms with Gasteiger partial charge in [0.25, 0.3) is 5.91 Å². The van der Waals surface area contributed by atoms with E-state index in [-0.39, 0.29) is 11.7 Å². The average Bonchev–Trinajstić information content (AvgIpc) is 2.71. The first-order chi connectivity index (χ1) is 13.6. The van der Waals surface area contributed by atoms with E-state index in [0.717, 1.165) is 25.6 Å². The van der Waals surface area contributed by atoms with Crippen LogP contribution in [0.15, 0.2) is 29.3 Å². The van der Waals surface area contributed by atoms with Crippen LogP contribution in [0.4, 0.5) is 0 Å². The lowest BCUT2D eigenvalue weighted by Crippen LogP contribution is -2.43. The fourth-order valence-electron chi connectivity index (χ4n) is 3.52. The Morgan fingerprint density at radius 3 is 2.61 bits per heavy atom. The van der Waals surface area contributed by atoms with Crippen LogP contribution < -0.4 is 16.0 Å². The van der Waals surface area contributed by atoms with Gasteiger partial charge in [0.15, 0.2) is 5.96 Å². The van der Waals surface area contributed by atoms with E-state index in [0.29, 0.717) is 24.7 Å². The zero-order valence-electron chi connectivity index (χ0n) is 17.2. The molecule has 0 radical (unpaired) electrons. The molecule has 1 saturated heterocycles. The average molecular weight is 390 g/mol. The molecule has 2 rings (SSSR count). The van der Waals surface area contributed by atoms with Gasteiger partial charge in [0.05, 0.1) is 6.54 Å². The first kappa shape index (κ1) is 22.0. The van der Waals surface area contributed by atoms with Crippen LogP contribution in [0.1, 0.15) is 49.9 Å². The number of nitrogens with zero attached hydrogens (tertiary/aromatic N) is 2. The summed E-state index contributed by atoms with van der Waals surface area (Å²) in [7, 11) is 0. The smallest absolute Gasteiger partial charge is 0.251 e. The maximum atomic E-state index is 12.1. The molecule has 0 aliphatic carbocycles. The highest BCUT2D eigenvalue weighted by Gasteiger charge is 2.19. The summed E-state index contributed by atoms with van der Waals surface area (Å²) in [4.78, 5) is 19.3. The van der Waals surface area contributed by atoms with Crippen molar-refractivity contribution >= 4 is 11.9 Å². The van der Waals surface area contributed by atoms with Gasteiger partial charge in [0.1, 0.15) is 5.75 Å². The summed E-state index contributed by atoms with van der Waals surface area (Å²) in [6, 6.07) is 6.93. The van der Waals surface area contributed by atoms with Crippen molar-refractivity contribution in [3.05, 3.63) is 29.8 Å². The Labute approximate surface area is 168 Å². The molecule has 0 saturated carbocycles. The molecule has 1 unspecified atom stereocenters. The Kier molecular flexibility index (Phi) is 9.62. The molecule has 1 aromatic rings. The molecule has 4 N–H and O–H groups in total. The van der Waals surface area contributed by atoms with Crippen LogP contribution >= 0.6 is 0 Å². The normalized spacial score (nSPS) is 17.9. The second-order valence-corrected chi connectivity index (χ2v) is 7.08. The third-order valence-electron chi connectivity index (χ3n) is 5.05. The van der Waals surface area contributed by atoms with Gasteiger partial charge in [-0.3, -0.25) is 14.7 Å². The van der Waals surface area contributed by atoms with E-state index in [1.165, 1.54) is 44.4 Å². The summed E-state index contributed by atoms with van der Waals surface area (Å²) in [5.74, 6) is 0.783. The Balaban J connectivity index is 1.71. The molecule has 1 amide bonds. The third-order valence-corrected chi connectivity index (χ3v) is 5.05. The summed E-state index contributed by atoms with van der Waals surface area (Å²) in [6.07, 6.45) is 5.15. The number of carbonyl (C=O) groups is 1. The van der Waals surface area contributed by atoms with Gasteiger partial charge < -0.3 is 21.1 Å². The number of rotatable bonds is 9. The molecule has 1 atom stereocenters. The van der Waals surface area contributed by atoms with Crippen LogP contribution in [0.25, 0.3) is 0 Å². The SMILES string of the molecule is CCNC(=NCCN1CCCCC1CC)NCCNC(=O)c1ccc(O)cc1. The summed E-state index contributed by atoms with van der Waals surface area (Å²) < 4.78 is 0. The van der Waals surface area contributed by atoms with Gasteiger partial charge in [-0.15, -0.1) is 0 Å². The largest absolute Gasteiger partial charge is 0.508 e. The van der Waals surface area contributed by atoms with E-state index in [4.69, 9.17) is 0 Å². The predicted molar refractivity (Wildman–Crippen MR) is 114 cm³/mol. The number of hydrogen-bond acceptors (Lipinski definition) is 4. The summed E-state index contributed by atoms with van der Waals surface area (Å²) >= 11 is 0. The molecule has 1 aliphatic rings. The number of benzene rings is 1. The lowest BCUT2D eigenvalue weighted by atomic mass is 10.0. The fourth-order valence-corrected chi connectivity index (χ4v) is 3.52. The topological polar surface area (TPSA) is 89.0 Å². The van der Waals surface area contributed by atoms with Gasteiger partial charge in [0.2, 0.25) is 0 Å². The van der Waals surface area contributed by atoms with Gasteiger partial charge in [0, 0.05) is 37.8 Å². The number of aliphatic imine (C=N–C) groups is 1. The molecule has 0 aromatic heterocycles.